The molecular weight excluding hydrogens is 439 g/mol. The van der Waals surface area contributed by atoms with E-state index in [1.807, 2.05) is 0 Å². The molecule has 1 saturated heterocycles. The summed E-state index contributed by atoms with van der Waals surface area (Å²) in [4.78, 5) is 0. The van der Waals surface area contributed by atoms with Gasteiger partial charge in [0, 0.05) is 0 Å². The maximum atomic E-state index is 4.89. The van der Waals surface area contributed by atoms with E-state index in [9.17, 15) is 0 Å². The maximum absolute atomic E-state index is 4.89. The monoisotopic (exact) mass is 472 g/mol. The fraction of sp³-hybridized carbons (Fsp3) is 0.591. The molecule has 0 radical (unpaired) electrons. The molecule has 4 rings (SSSR count). The third-order valence-corrected chi connectivity index (χ3v) is 11.5. The zero-order valence-corrected chi connectivity index (χ0v) is 21.7. The van der Waals surface area contributed by atoms with Crippen LogP contribution in [0.2, 0.25) is 18.6 Å². The summed E-state index contributed by atoms with van der Waals surface area (Å²) in [6, 6.07) is 8.99. The van der Waals surface area contributed by atoms with Crippen LogP contribution in [-0.4, -0.2) is 39.0 Å². The Morgan fingerprint density at radius 3 is 2.25 bits per heavy atom. The Bertz CT molecular complexity index is 736. The molecule has 0 spiro atoms. The Morgan fingerprint density at radius 2 is 1.68 bits per heavy atom. The van der Waals surface area contributed by atoms with Crippen LogP contribution in [0.25, 0.3) is 17.5 Å². The molecule has 156 valence electrons. The molecule has 2 fully saturated rings. The number of hydrogen-bond donors (Lipinski definition) is 0. The number of fused-ring (bicyclic) bond motifs is 2. The Hall–Kier alpha value is 0.391. The van der Waals surface area contributed by atoms with Crippen LogP contribution < -0.4 is 10.4 Å². The molecule has 4 unspecified atom stereocenters. The summed E-state index contributed by atoms with van der Waals surface area (Å²) >= 11 is -0.556. The summed E-state index contributed by atoms with van der Waals surface area (Å²) in [5.41, 5.74) is 0.884. The molecule has 2 nitrogen and oxygen atoms in total. The first-order valence-electron chi connectivity index (χ1n) is 10.2. The number of nitrogens with zero attached hydrogens (tertiary/aromatic N) is 2. The van der Waals surface area contributed by atoms with Crippen molar-refractivity contribution >= 4 is 39.0 Å². The van der Waals surface area contributed by atoms with Crippen LogP contribution in [0.3, 0.4) is 0 Å². The minimum absolute atomic E-state index is 0. The summed E-state index contributed by atoms with van der Waals surface area (Å²) in [5.74, 6) is 2.41. The number of halogens is 2. The van der Waals surface area contributed by atoms with E-state index in [0.717, 1.165) is 36.4 Å². The molecule has 1 aromatic rings. The van der Waals surface area contributed by atoms with Crippen molar-refractivity contribution in [3.05, 3.63) is 47.4 Å². The van der Waals surface area contributed by atoms with E-state index in [-0.39, 0.29) is 7.43 Å². The van der Waals surface area contributed by atoms with Gasteiger partial charge < -0.3 is 17.3 Å². The van der Waals surface area contributed by atoms with Gasteiger partial charge in [-0.1, -0.05) is 62.9 Å². The zero-order valence-electron chi connectivity index (χ0n) is 17.7. The van der Waals surface area contributed by atoms with Crippen LogP contribution in [-0.2, 0) is 17.0 Å². The van der Waals surface area contributed by atoms with Crippen LogP contribution >= 0.6 is 18.6 Å². The Kier molecular flexibility index (Phi) is 9.81. The van der Waals surface area contributed by atoms with E-state index in [4.69, 9.17) is 18.6 Å². The molecule has 3 aliphatic rings. The number of rotatable bonds is 3. The third-order valence-electron chi connectivity index (χ3n) is 6.96. The normalized spacial score (nSPS) is 29.0. The van der Waals surface area contributed by atoms with Gasteiger partial charge in [-0.15, -0.1) is 13.1 Å². The average Bonchev–Trinajstić information content (AvgIpc) is 3.05. The van der Waals surface area contributed by atoms with Crippen molar-refractivity contribution in [3.8, 4) is 0 Å². The van der Waals surface area contributed by atoms with Crippen molar-refractivity contribution < 1.29 is 17.0 Å². The fourth-order valence-corrected chi connectivity index (χ4v) is 10.3. The first-order valence-corrected chi connectivity index (χ1v) is 17.5. The Labute approximate surface area is 189 Å². The topological polar surface area (TPSA) is 17.3 Å². The van der Waals surface area contributed by atoms with Crippen LogP contribution in [0, 0.1) is 25.2 Å². The van der Waals surface area contributed by atoms with E-state index in [1.165, 1.54) is 36.4 Å². The van der Waals surface area contributed by atoms with Gasteiger partial charge in [0.1, 0.15) is 8.24 Å². The molecule has 1 heterocycles. The molecule has 0 N–H and O–H groups in total. The van der Waals surface area contributed by atoms with E-state index in [1.54, 1.807) is 0 Å². The number of hydrogen-bond acceptors (Lipinski definition) is 1. The first kappa shape index (κ1) is 24.7. The number of piperazine rings is 1. The first-order chi connectivity index (χ1) is 13.0. The molecule has 4 atom stereocenters. The summed E-state index contributed by atoms with van der Waals surface area (Å²) in [5, 5.41) is 7.52. The summed E-state index contributed by atoms with van der Waals surface area (Å²) in [7, 11) is 8.32. The van der Waals surface area contributed by atoms with Crippen LogP contribution in [0.5, 0.6) is 0 Å². The zero-order chi connectivity index (χ0) is 19.4. The van der Waals surface area contributed by atoms with Crippen molar-refractivity contribution in [1.29, 1.82) is 0 Å². The van der Waals surface area contributed by atoms with Crippen LogP contribution in [0.15, 0.2) is 24.3 Å². The Balaban J connectivity index is 0.000000660. The summed E-state index contributed by atoms with van der Waals surface area (Å²) in [6.45, 7) is 12.2. The quantitative estimate of drug-likeness (QED) is 0.446. The van der Waals surface area contributed by atoms with Gasteiger partial charge in [-0.3, -0.25) is 0 Å². The summed E-state index contributed by atoms with van der Waals surface area (Å²) < 4.78 is 2.87. The van der Waals surface area contributed by atoms with Crippen molar-refractivity contribution in [2.45, 2.75) is 38.4 Å². The standard InChI is InChI=1S/C21H31N2Si.CH3.2ClH.Ti/c1-4-16-13-19-14-17-7-5-6-8-18(17)15-20(19)21(16)24(2,3)23-11-9-22-10-12-23;;;;/h5-8,14-16,19-21H,4,9-13H2,1-3H3;1H3;2*1H;/q2*-1;;;+2/p-2. The Morgan fingerprint density at radius 1 is 1.11 bits per heavy atom. The molecule has 1 saturated carbocycles. The van der Waals surface area contributed by atoms with E-state index >= 15 is 0 Å². The molecule has 2 aliphatic carbocycles. The number of benzene rings is 1. The molecule has 0 bridgehead atoms. The molecule has 0 amide bonds. The molecule has 1 aliphatic heterocycles. The second-order valence-corrected chi connectivity index (χ2v) is 15.7. The molecule has 28 heavy (non-hydrogen) atoms. The van der Waals surface area contributed by atoms with Gasteiger partial charge in [0.15, 0.2) is 0 Å². The summed E-state index contributed by atoms with van der Waals surface area (Å²) in [6.07, 6.45) is 7.97. The molecular formula is C22H34Cl2N2SiTi-2. The second kappa shape index (κ2) is 11.1. The molecule has 0 aromatic heterocycles. The van der Waals surface area contributed by atoms with Gasteiger partial charge in [0.05, 0.1) is 0 Å². The van der Waals surface area contributed by atoms with E-state index in [0.29, 0.717) is 0 Å². The SMILES string of the molecule is CCC1CC2C=c3ccccc3=CC2C1[Si](C)(C)N1CC[N-]CC1.[CH3-].[Cl][Ti][Cl]. The minimum atomic E-state index is -1.46. The van der Waals surface area contributed by atoms with Gasteiger partial charge in [0.25, 0.3) is 0 Å². The van der Waals surface area contributed by atoms with Crippen molar-refractivity contribution in [2.24, 2.45) is 17.8 Å². The van der Waals surface area contributed by atoms with Crippen LogP contribution in [0.4, 0.5) is 0 Å². The predicted octanol–water partition coefficient (Wildman–Crippen LogP) is 5.01. The third kappa shape index (κ3) is 5.17. The second-order valence-electron chi connectivity index (χ2n) is 8.52. The van der Waals surface area contributed by atoms with E-state index in [2.05, 4.69) is 66.3 Å². The van der Waals surface area contributed by atoms with Crippen molar-refractivity contribution in [1.82, 2.24) is 4.57 Å². The van der Waals surface area contributed by atoms with Crippen molar-refractivity contribution in [2.75, 3.05) is 26.2 Å². The average molecular weight is 473 g/mol. The van der Waals surface area contributed by atoms with Gasteiger partial charge >= 0.3 is 35.6 Å². The van der Waals surface area contributed by atoms with Gasteiger partial charge in [0.2, 0.25) is 0 Å². The van der Waals surface area contributed by atoms with Gasteiger partial charge in [-0.05, 0) is 53.2 Å². The van der Waals surface area contributed by atoms with Gasteiger partial charge in [-0.25, -0.2) is 0 Å². The van der Waals surface area contributed by atoms with Crippen LogP contribution in [0.1, 0.15) is 19.8 Å². The molecule has 1 aromatic carbocycles. The predicted molar refractivity (Wildman–Crippen MR) is 124 cm³/mol. The fourth-order valence-electron chi connectivity index (χ4n) is 5.75. The van der Waals surface area contributed by atoms with E-state index < -0.39 is 25.3 Å². The molecule has 6 heteroatoms. The van der Waals surface area contributed by atoms with Gasteiger partial charge in [-0.2, -0.15) is 0 Å². The van der Waals surface area contributed by atoms with Crippen molar-refractivity contribution in [3.63, 3.8) is 0 Å².